The summed E-state index contributed by atoms with van der Waals surface area (Å²) in [7, 11) is 1.90. The summed E-state index contributed by atoms with van der Waals surface area (Å²) in [5, 5.41) is 3.11. The minimum absolute atomic E-state index is 0.228. The molecule has 1 aliphatic rings. The van der Waals surface area contributed by atoms with Gasteiger partial charge in [0.05, 0.1) is 0 Å². The molecule has 19 heavy (non-hydrogen) atoms. The Labute approximate surface area is 116 Å². The SMILES string of the molecule is CCCCCn1c2c(cc(CNC)c1=O)CCCC2. The van der Waals surface area contributed by atoms with Crippen molar-refractivity contribution in [2.75, 3.05) is 7.05 Å². The van der Waals surface area contributed by atoms with Gasteiger partial charge in [-0.25, -0.2) is 0 Å². The molecule has 0 radical (unpaired) electrons. The predicted molar refractivity (Wildman–Crippen MR) is 79.6 cm³/mol. The number of rotatable bonds is 6. The van der Waals surface area contributed by atoms with E-state index in [9.17, 15) is 4.79 Å². The summed E-state index contributed by atoms with van der Waals surface area (Å²) in [6.45, 7) is 3.78. The molecule has 1 aromatic heterocycles. The van der Waals surface area contributed by atoms with Crippen LogP contribution in [0.1, 0.15) is 55.8 Å². The van der Waals surface area contributed by atoms with Crippen molar-refractivity contribution in [1.82, 2.24) is 9.88 Å². The summed E-state index contributed by atoms with van der Waals surface area (Å²) < 4.78 is 2.07. The molecular weight excluding hydrogens is 236 g/mol. The van der Waals surface area contributed by atoms with Crippen molar-refractivity contribution in [1.29, 1.82) is 0 Å². The Balaban J connectivity index is 2.35. The topological polar surface area (TPSA) is 34.0 Å². The number of aromatic nitrogens is 1. The summed E-state index contributed by atoms with van der Waals surface area (Å²) in [5.41, 5.74) is 3.88. The first-order chi connectivity index (χ1) is 9.27. The van der Waals surface area contributed by atoms with Gasteiger partial charge in [-0.15, -0.1) is 0 Å². The van der Waals surface area contributed by atoms with E-state index >= 15 is 0 Å². The lowest BCUT2D eigenvalue weighted by Crippen LogP contribution is -2.31. The van der Waals surface area contributed by atoms with Crippen LogP contribution in [0.15, 0.2) is 10.9 Å². The van der Waals surface area contributed by atoms with Crippen LogP contribution < -0.4 is 10.9 Å². The summed E-state index contributed by atoms with van der Waals surface area (Å²) in [4.78, 5) is 12.5. The number of hydrogen-bond donors (Lipinski definition) is 1. The van der Waals surface area contributed by atoms with Crippen LogP contribution in [0.2, 0.25) is 0 Å². The molecule has 0 aliphatic heterocycles. The second kappa shape index (κ2) is 6.90. The van der Waals surface area contributed by atoms with Gasteiger partial charge in [0.1, 0.15) is 0 Å². The molecule has 0 saturated heterocycles. The quantitative estimate of drug-likeness (QED) is 0.800. The molecule has 0 bridgehead atoms. The lowest BCUT2D eigenvalue weighted by atomic mass is 9.94. The largest absolute Gasteiger partial charge is 0.315 e. The van der Waals surface area contributed by atoms with Crippen LogP contribution in [-0.4, -0.2) is 11.6 Å². The number of unbranched alkanes of at least 4 members (excludes halogenated alkanes) is 2. The van der Waals surface area contributed by atoms with Crippen molar-refractivity contribution in [3.8, 4) is 0 Å². The monoisotopic (exact) mass is 262 g/mol. The molecule has 0 saturated carbocycles. The molecule has 3 heteroatoms. The first-order valence-corrected chi connectivity index (χ1v) is 7.67. The highest BCUT2D eigenvalue weighted by Crippen LogP contribution is 2.21. The number of aryl methyl sites for hydroxylation is 1. The summed E-state index contributed by atoms with van der Waals surface area (Å²) in [6, 6.07) is 2.14. The molecule has 106 valence electrons. The van der Waals surface area contributed by atoms with Crippen LogP contribution in [0.5, 0.6) is 0 Å². The number of pyridine rings is 1. The van der Waals surface area contributed by atoms with E-state index in [4.69, 9.17) is 0 Å². The van der Waals surface area contributed by atoms with E-state index in [-0.39, 0.29) is 5.56 Å². The Hall–Kier alpha value is -1.09. The maximum absolute atomic E-state index is 12.5. The highest BCUT2D eigenvalue weighted by Gasteiger charge is 2.17. The molecule has 0 aromatic carbocycles. The Bertz CT molecular complexity index is 476. The molecule has 0 atom stereocenters. The third kappa shape index (κ3) is 3.27. The molecule has 3 nitrogen and oxygen atoms in total. The zero-order valence-corrected chi connectivity index (χ0v) is 12.3. The standard InChI is InChI=1S/C16H26N2O/c1-3-4-7-10-18-15-9-6-5-8-13(15)11-14(12-17-2)16(18)19/h11,17H,3-10,12H2,1-2H3. The van der Waals surface area contributed by atoms with Crippen LogP contribution in [-0.2, 0) is 25.9 Å². The molecule has 0 spiro atoms. The first-order valence-electron chi connectivity index (χ1n) is 7.67. The molecule has 1 aliphatic carbocycles. The van der Waals surface area contributed by atoms with E-state index in [1.165, 1.54) is 36.9 Å². The second-order valence-electron chi connectivity index (χ2n) is 5.54. The van der Waals surface area contributed by atoms with Crippen LogP contribution in [0, 0.1) is 0 Å². The van der Waals surface area contributed by atoms with Gasteiger partial charge in [0.15, 0.2) is 0 Å². The van der Waals surface area contributed by atoms with Gasteiger partial charge in [-0.2, -0.15) is 0 Å². The summed E-state index contributed by atoms with van der Waals surface area (Å²) in [6.07, 6.45) is 8.23. The van der Waals surface area contributed by atoms with Crippen molar-refractivity contribution < 1.29 is 0 Å². The normalized spacial score (nSPS) is 14.4. The molecule has 2 rings (SSSR count). The van der Waals surface area contributed by atoms with Gasteiger partial charge in [0, 0.05) is 24.3 Å². The van der Waals surface area contributed by atoms with E-state index in [2.05, 4.69) is 22.9 Å². The van der Waals surface area contributed by atoms with Gasteiger partial charge < -0.3 is 9.88 Å². The van der Waals surface area contributed by atoms with Crippen molar-refractivity contribution in [3.63, 3.8) is 0 Å². The second-order valence-corrected chi connectivity index (χ2v) is 5.54. The van der Waals surface area contributed by atoms with Crippen LogP contribution in [0.3, 0.4) is 0 Å². The van der Waals surface area contributed by atoms with Gasteiger partial charge in [0.25, 0.3) is 5.56 Å². The minimum atomic E-state index is 0.228. The Morgan fingerprint density at radius 1 is 1.26 bits per heavy atom. The zero-order chi connectivity index (χ0) is 13.7. The average molecular weight is 262 g/mol. The van der Waals surface area contributed by atoms with Crippen molar-refractivity contribution in [3.05, 3.63) is 33.2 Å². The summed E-state index contributed by atoms with van der Waals surface area (Å²) >= 11 is 0. The number of fused-ring (bicyclic) bond motifs is 1. The average Bonchev–Trinajstić information content (AvgIpc) is 2.43. The van der Waals surface area contributed by atoms with Crippen LogP contribution >= 0.6 is 0 Å². The van der Waals surface area contributed by atoms with Gasteiger partial charge in [-0.1, -0.05) is 19.8 Å². The molecule has 1 heterocycles. The Morgan fingerprint density at radius 3 is 2.79 bits per heavy atom. The summed E-state index contributed by atoms with van der Waals surface area (Å²) in [5.74, 6) is 0. The van der Waals surface area contributed by atoms with E-state index in [0.29, 0.717) is 6.54 Å². The fourth-order valence-electron chi connectivity index (χ4n) is 3.02. The van der Waals surface area contributed by atoms with Gasteiger partial charge in [-0.05, 0) is 50.8 Å². The maximum Gasteiger partial charge on any atom is 0.255 e. The van der Waals surface area contributed by atoms with Gasteiger partial charge in [0.2, 0.25) is 0 Å². The van der Waals surface area contributed by atoms with Crippen molar-refractivity contribution in [2.45, 2.75) is 65.0 Å². The highest BCUT2D eigenvalue weighted by molar-refractivity contribution is 5.29. The van der Waals surface area contributed by atoms with Crippen LogP contribution in [0.4, 0.5) is 0 Å². The van der Waals surface area contributed by atoms with Crippen LogP contribution in [0.25, 0.3) is 0 Å². The Morgan fingerprint density at radius 2 is 2.05 bits per heavy atom. The van der Waals surface area contributed by atoms with Crippen molar-refractivity contribution in [2.24, 2.45) is 0 Å². The predicted octanol–water partition coefficient (Wildman–Crippen LogP) is 2.64. The first kappa shape index (κ1) is 14.3. The number of nitrogens with one attached hydrogen (secondary N) is 1. The van der Waals surface area contributed by atoms with Crippen molar-refractivity contribution >= 4 is 0 Å². The maximum atomic E-state index is 12.5. The molecule has 0 fully saturated rings. The molecule has 1 aromatic rings. The number of hydrogen-bond acceptors (Lipinski definition) is 2. The lowest BCUT2D eigenvalue weighted by molar-refractivity contribution is 0.531. The van der Waals surface area contributed by atoms with E-state index in [1.54, 1.807) is 0 Å². The fraction of sp³-hybridized carbons (Fsp3) is 0.688. The fourth-order valence-corrected chi connectivity index (χ4v) is 3.02. The number of nitrogens with zero attached hydrogens (tertiary/aromatic N) is 1. The third-order valence-corrected chi connectivity index (χ3v) is 4.03. The molecule has 0 amide bonds. The molecule has 1 N–H and O–H groups in total. The minimum Gasteiger partial charge on any atom is -0.315 e. The zero-order valence-electron chi connectivity index (χ0n) is 12.3. The smallest absolute Gasteiger partial charge is 0.255 e. The third-order valence-electron chi connectivity index (χ3n) is 4.03. The van der Waals surface area contributed by atoms with E-state index in [0.717, 1.165) is 31.4 Å². The lowest BCUT2D eigenvalue weighted by Gasteiger charge is -2.22. The molecule has 0 unspecified atom stereocenters. The van der Waals surface area contributed by atoms with Gasteiger partial charge >= 0.3 is 0 Å². The highest BCUT2D eigenvalue weighted by atomic mass is 16.1. The molecular formula is C16H26N2O. The van der Waals surface area contributed by atoms with Gasteiger partial charge in [-0.3, -0.25) is 4.79 Å². The van der Waals surface area contributed by atoms with E-state index in [1.807, 2.05) is 7.05 Å². The van der Waals surface area contributed by atoms with E-state index < -0.39 is 0 Å². The Kier molecular flexibility index (Phi) is 5.20.